The number of rotatable bonds is 4. The van der Waals surface area contributed by atoms with Gasteiger partial charge >= 0.3 is 0 Å². The summed E-state index contributed by atoms with van der Waals surface area (Å²) in [6.45, 7) is 7.22. The van der Waals surface area contributed by atoms with E-state index >= 15 is 0 Å². The fourth-order valence-corrected chi connectivity index (χ4v) is 1.03. The third kappa shape index (κ3) is 3.65. The Hall–Kier alpha value is -2.09. The molecule has 0 aliphatic rings. The predicted octanol–water partition coefficient (Wildman–Crippen LogP) is 2.67. The van der Waals surface area contributed by atoms with E-state index in [0.29, 0.717) is 11.3 Å². The summed E-state index contributed by atoms with van der Waals surface area (Å²) < 4.78 is 0. The van der Waals surface area contributed by atoms with Crippen LogP contribution in [0.15, 0.2) is 67.4 Å². The number of hydrogen-bond acceptors (Lipinski definition) is 1. The van der Waals surface area contributed by atoms with Crippen LogP contribution in [0.4, 0.5) is 0 Å². The van der Waals surface area contributed by atoms with Crippen molar-refractivity contribution in [3.63, 3.8) is 0 Å². The van der Waals surface area contributed by atoms with Crippen molar-refractivity contribution in [3.8, 4) is 0 Å². The standard InChI is InChI=1S/C13H13NO/c1-3-4-8-11(2)14-13(15)12-9-6-5-7-10-12/h3-10H,1-2H2,(H,14,15)/b8-4-. The SMILES string of the molecule is C=C/C=C\C(=C)NC(=O)c1ccccc1. The lowest BCUT2D eigenvalue weighted by Gasteiger charge is -2.03. The highest BCUT2D eigenvalue weighted by atomic mass is 16.1. The molecule has 0 aliphatic heterocycles. The second kappa shape index (κ2) is 5.60. The molecule has 0 saturated carbocycles. The molecule has 2 nitrogen and oxygen atoms in total. The molecule has 1 aromatic rings. The predicted molar refractivity (Wildman–Crippen MR) is 62.4 cm³/mol. The summed E-state index contributed by atoms with van der Waals surface area (Å²) in [7, 11) is 0. The van der Waals surface area contributed by atoms with Crippen molar-refractivity contribution in [1.29, 1.82) is 0 Å². The lowest BCUT2D eigenvalue weighted by molar-refractivity contribution is 0.0967. The molecule has 0 fully saturated rings. The summed E-state index contributed by atoms with van der Waals surface area (Å²) in [6, 6.07) is 9.00. The van der Waals surface area contributed by atoms with Gasteiger partial charge in [0.25, 0.3) is 5.91 Å². The Kier molecular flexibility index (Phi) is 4.10. The lowest BCUT2D eigenvalue weighted by Crippen LogP contribution is -2.20. The molecule has 0 unspecified atom stereocenters. The molecule has 0 atom stereocenters. The highest BCUT2D eigenvalue weighted by Gasteiger charge is 2.03. The second-order valence-electron chi connectivity index (χ2n) is 2.94. The number of carbonyl (C=O) groups excluding carboxylic acids is 1. The van der Waals surface area contributed by atoms with E-state index in [9.17, 15) is 4.79 Å². The van der Waals surface area contributed by atoms with Gasteiger partial charge in [-0.15, -0.1) is 0 Å². The van der Waals surface area contributed by atoms with Crippen LogP contribution in [0.3, 0.4) is 0 Å². The second-order valence-corrected chi connectivity index (χ2v) is 2.94. The van der Waals surface area contributed by atoms with Crippen LogP contribution in [0.2, 0.25) is 0 Å². The van der Waals surface area contributed by atoms with Crippen LogP contribution in [-0.4, -0.2) is 5.91 Å². The smallest absolute Gasteiger partial charge is 0.255 e. The van der Waals surface area contributed by atoms with E-state index in [4.69, 9.17) is 0 Å². The molecular formula is C13H13NO. The van der Waals surface area contributed by atoms with Gasteiger partial charge in [0.15, 0.2) is 0 Å². The van der Waals surface area contributed by atoms with Gasteiger partial charge in [-0.05, 0) is 18.2 Å². The first-order valence-electron chi connectivity index (χ1n) is 4.58. The van der Waals surface area contributed by atoms with Gasteiger partial charge in [0, 0.05) is 11.3 Å². The minimum atomic E-state index is -0.158. The number of amides is 1. The van der Waals surface area contributed by atoms with E-state index in [0.717, 1.165) is 0 Å². The fourth-order valence-electron chi connectivity index (χ4n) is 1.03. The number of hydrogen-bond donors (Lipinski definition) is 1. The van der Waals surface area contributed by atoms with E-state index in [1.165, 1.54) is 0 Å². The van der Waals surface area contributed by atoms with Crippen molar-refractivity contribution < 1.29 is 4.79 Å². The molecule has 1 aromatic carbocycles. The quantitative estimate of drug-likeness (QED) is 0.742. The zero-order chi connectivity index (χ0) is 11.1. The van der Waals surface area contributed by atoms with Crippen LogP contribution in [0.25, 0.3) is 0 Å². The largest absolute Gasteiger partial charge is 0.323 e. The van der Waals surface area contributed by atoms with Gasteiger partial charge in [-0.1, -0.05) is 43.5 Å². The number of nitrogens with one attached hydrogen (secondary N) is 1. The van der Waals surface area contributed by atoms with Crippen LogP contribution in [-0.2, 0) is 0 Å². The Morgan fingerprint density at radius 1 is 1.27 bits per heavy atom. The van der Waals surface area contributed by atoms with Crippen LogP contribution in [0.1, 0.15) is 10.4 Å². The molecule has 0 bridgehead atoms. The summed E-state index contributed by atoms with van der Waals surface area (Å²) in [6.07, 6.45) is 5.03. The molecule has 0 aromatic heterocycles. The molecule has 0 aliphatic carbocycles. The van der Waals surface area contributed by atoms with Crippen LogP contribution in [0, 0.1) is 0 Å². The van der Waals surface area contributed by atoms with Crippen molar-refractivity contribution in [2.45, 2.75) is 0 Å². The van der Waals surface area contributed by atoms with Gasteiger partial charge in [0.1, 0.15) is 0 Å². The van der Waals surface area contributed by atoms with Gasteiger partial charge < -0.3 is 5.32 Å². The highest BCUT2D eigenvalue weighted by molar-refractivity contribution is 5.95. The molecule has 2 heteroatoms. The van der Waals surface area contributed by atoms with Crippen molar-refractivity contribution in [1.82, 2.24) is 5.32 Å². The minimum absolute atomic E-state index is 0.158. The van der Waals surface area contributed by atoms with Gasteiger partial charge in [-0.3, -0.25) is 4.79 Å². The van der Waals surface area contributed by atoms with Gasteiger partial charge in [0.05, 0.1) is 0 Å². The van der Waals surface area contributed by atoms with Crippen molar-refractivity contribution in [2.75, 3.05) is 0 Å². The number of allylic oxidation sites excluding steroid dienone is 3. The average Bonchev–Trinajstić information content (AvgIpc) is 2.27. The summed E-state index contributed by atoms with van der Waals surface area (Å²) in [5, 5.41) is 2.66. The molecular weight excluding hydrogens is 186 g/mol. The van der Waals surface area contributed by atoms with E-state index in [1.807, 2.05) is 18.2 Å². The molecule has 15 heavy (non-hydrogen) atoms. The van der Waals surface area contributed by atoms with Gasteiger partial charge in [-0.2, -0.15) is 0 Å². The van der Waals surface area contributed by atoms with E-state index in [2.05, 4.69) is 18.5 Å². The Morgan fingerprint density at radius 3 is 2.53 bits per heavy atom. The molecule has 0 radical (unpaired) electrons. The average molecular weight is 199 g/mol. The zero-order valence-electron chi connectivity index (χ0n) is 8.44. The number of benzene rings is 1. The molecule has 1 amide bonds. The normalized spacial score (nSPS) is 9.87. The van der Waals surface area contributed by atoms with Crippen LogP contribution >= 0.6 is 0 Å². The Morgan fingerprint density at radius 2 is 1.93 bits per heavy atom. The number of carbonyl (C=O) groups is 1. The third-order valence-corrected chi connectivity index (χ3v) is 1.74. The van der Waals surface area contributed by atoms with E-state index in [-0.39, 0.29) is 5.91 Å². The monoisotopic (exact) mass is 199 g/mol. The topological polar surface area (TPSA) is 29.1 Å². The van der Waals surface area contributed by atoms with Gasteiger partial charge in [-0.25, -0.2) is 0 Å². The van der Waals surface area contributed by atoms with E-state index in [1.54, 1.807) is 30.4 Å². The first kappa shape index (κ1) is 11.0. The lowest BCUT2D eigenvalue weighted by atomic mass is 10.2. The Labute approximate surface area is 89.6 Å². The molecule has 76 valence electrons. The molecule has 0 spiro atoms. The molecule has 0 saturated heterocycles. The first-order chi connectivity index (χ1) is 7.24. The first-order valence-corrected chi connectivity index (χ1v) is 4.58. The molecule has 0 heterocycles. The molecule has 1 rings (SSSR count). The maximum absolute atomic E-state index is 11.6. The van der Waals surface area contributed by atoms with Crippen molar-refractivity contribution >= 4 is 5.91 Å². The summed E-state index contributed by atoms with van der Waals surface area (Å²) in [4.78, 5) is 11.6. The minimum Gasteiger partial charge on any atom is -0.323 e. The summed E-state index contributed by atoms with van der Waals surface area (Å²) in [5.74, 6) is -0.158. The maximum Gasteiger partial charge on any atom is 0.255 e. The summed E-state index contributed by atoms with van der Waals surface area (Å²) in [5.41, 5.74) is 1.16. The highest BCUT2D eigenvalue weighted by Crippen LogP contribution is 1.99. The Balaban J connectivity index is 2.61. The van der Waals surface area contributed by atoms with Crippen molar-refractivity contribution in [2.24, 2.45) is 0 Å². The van der Waals surface area contributed by atoms with Gasteiger partial charge in [0.2, 0.25) is 0 Å². The van der Waals surface area contributed by atoms with Crippen LogP contribution in [0.5, 0.6) is 0 Å². The Bertz CT molecular complexity index is 390. The van der Waals surface area contributed by atoms with Crippen molar-refractivity contribution in [3.05, 3.63) is 73.0 Å². The summed E-state index contributed by atoms with van der Waals surface area (Å²) >= 11 is 0. The van der Waals surface area contributed by atoms with E-state index < -0.39 is 0 Å². The maximum atomic E-state index is 11.6. The van der Waals surface area contributed by atoms with Crippen LogP contribution < -0.4 is 5.32 Å². The fraction of sp³-hybridized carbons (Fsp3) is 0. The zero-order valence-corrected chi connectivity index (χ0v) is 8.44. The third-order valence-electron chi connectivity index (χ3n) is 1.74. The molecule has 1 N–H and O–H groups in total.